The molecule has 3 aromatic rings. The zero-order valence-electron chi connectivity index (χ0n) is 14.2. The smallest absolute Gasteiger partial charge is 0.274 e. The molecule has 0 aliphatic carbocycles. The number of ether oxygens (including phenoxy) is 2. The van der Waals surface area contributed by atoms with Crippen LogP contribution < -0.4 is 20.5 Å². The number of nitrogens with one attached hydrogen (secondary N) is 1. The summed E-state index contributed by atoms with van der Waals surface area (Å²) >= 11 is 0. The highest BCUT2D eigenvalue weighted by Gasteiger charge is 2.14. The molecule has 0 atom stereocenters. The van der Waals surface area contributed by atoms with Gasteiger partial charge in [0.25, 0.3) is 5.69 Å². The van der Waals surface area contributed by atoms with E-state index in [1.54, 1.807) is 30.3 Å². The molecule has 0 saturated carbocycles. The minimum absolute atomic E-state index is 0.0279. The molecule has 3 rings (SSSR count). The van der Waals surface area contributed by atoms with Crippen molar-refractivity contribution >= 4 is 28.4 Å². The zero-order valence-corrected chi connectivity index (χ0v) is 14.2. The SMILES string of the molecule is COc1cc2nc(NCc3ccccc3[N+](=O)[O-])nc(N)c2cc1OC. The number of rotatable bonds is 6. The second-order valence-corrected chi connectivity index (χ2v) is 5.40. The van der Waals surface area contributed by atoms with Gasteiger partial charge in [-0.25, -0.2) is 4.98 Å². The maximum Gasteiger partial charge on any atom is 0.274 e. The molecule has 0 aliphatic heterocycles. The molecule has 9 heteroatoms. The topological polar surface area (TPSA) is 125 Å². The Labute approximate surface area is 148 Å². The van der Waals surface area contributed by atoms with Crippen LogP contribution in [0, 0.1) is 10.1 Å². The fraction of sp³-hybridized carbons (Fsp3) is 0.176. The van der Waals surface area contributed by atoms with E-state index in [0.717, 1.165) is 0 Å². The third kappa shape index (κ3) is 3.27. The molecule has 3 N–H and O–H groups in total. The van der Waals surface area contributed by atoms with Gasteiger partial charge in [-0.05, 0) is 6.07 Å². The molecule has 0 radical (unpaired) electrons. The predicted molar refractivity (Wildman–Crippen MR) is 97.5 cm³/mol. The van der Waals surface area contributed by atoms with Crippen LogP contribution in [0.25, 0.3) is 10.9 Å². The van der Waals surface area contributed by atoms with Crippen LogP contribution in [-0.2, 0) is 6.54 Å². The Morgan fingerprint density at radius 1 is 1.15 bits per heavy atom. The van der Waals surface area contributed by atoms with Crippen molar-refractivity contribution in [2.45, 2.75) is 6.54 Å². The van der Waals surface area contributed by atoms with Crippen LogP contribution in [0.5, 0.6) is 11.5 Å². The fourth-order valence-corrected chi connectivity index (χ4v) is 2.57. The van der Waals surface area contributed by atoms with Gasteiger partial charge in [0.2, 0.25) is 5.95 Å². The maximum atomic E-state index is 11.1. The first-order valence-electron chi connectivity index (χ1n) is 7.69. The number of fused-ring (bicyclic) bond motifs is 1. The third-order valence-electron chi connectivity index (χ3n) is 3.86. The molecule has 0 saturated heterocycles. The van der Waals surface area contributed by atoms with Crippen molar-refractivity contribution in [3.63, 3.8) is 0 Å². The zero-order chi connectivity index (χ0) is 18.7. The van der Waals surface area contributed by atoms with E-state index < -0.39 is 4.92 Å². The predicted octanol–water partition coefficient (Wildman–Crippen LogP) is 2.75. The molecule has 134 valence electrons. The van der Waals surface area contributed by atoms with E-state index in [0.29, 0.717) is 28.0 Å². The summed E-state index contributed by atoms with van der Waals surface area (Å²) in [6.45, 7) is 0.190. The van der Waals surface area contributed by atoms with Crippen LogP contribution in [0.2, 0.25) is 0 Å². The third-order valence-corrected chi connectivity index (χ3v) is 3.86. The average molecular weight is 355 g/mol. The largest absolute Gasteiger partial charge is 0.493 e. The molecule has 0 aliphatic rings. The fourth-order valence-electron chi connectivity index (χ4n) is 2.57. The molecule has 26 heavy (non-hydrogen) atoms. The number of para-hydroxylation sites is 1. The summed E-state index contributed by atoms with van der Waals surface area (Å²) in [4.78, 5) is 19.3. The summed E-state index contributed by atoms with van der Waals surface area (Å²) in [5, 5.41) is 14.7. The van der Waals surface area contributed by atoms with Gasteiger partial charge in [0.15, 0.2) is 11.5 Å². The first-order valence-corrected chi connectivity index (χ1v) is 7.69. The lowest BCUT2D eigenvalue weighted by molar-refractivity contribution is -0.385. The number of nitrogens with zero attached hydrogens (tertiary/aromatic N) is 3. The Morgan fingerprint density at radius 2 is 1.85 bits per heavy atom. The van der Waals surface area contributed by atoms with Crippen molar-refractivity contribution in [3.8, 4) is 11.5 Å². The van der Waals surface area contributed by atoms with Crippen molar-refractivity contribution in [3.05, 3.63) is 52.1 Å². The van der Waals surface area contributed by atoms with E-state index in [1.807, 2.05) is 0 Å². The number of hydrogen-bond donors (Lipinski definition) is 2. The van der Waals surface area contributed by atoms with Gasteiger partial charge >= 0.3 is 0 Å². The number of nitro benzene ring substituents is 1. The van der Waals surface area contributed by atoms with Gasteiger partial charge in [-0.3, -0.25) is 10.1 Å². The number of aromatic nitrogens is 2. The summed E-state index contributed by atoms with van der Waals surface area (Å²) in [6.07, 6.45) is 0. The molecule has 0 bridgehead atoms. The standard InChI is InChI=1S/C17H17N5O4/c1-25-14-7-11-12(8-15(14)26-2)20-17(21-16(11)18)19-9-10-5-3-4-6-13(10)22(23)24/h3-8H,9H2,1-2H3,(H3,18,19,20,21). The lowest BCUT2D eigenvalue weighted by atomic mass is 10.2. The lowest BCUT2D eigenvalue weighted by Gasteiger charge is -2.11. The summed E-state index contributed by atoms with van der Waals surface area (Å²) in [5.74, 6) is 1.57. The second-order valence-electron chi connectivity index (χ2n) is 5.40. The highest BCUT2D eigenvalue weighted by atomic mass is 16.6. The van der Waals surface area contributed by atoms with Crippen molar-refractivity contribution in [1.29, 1.82) is 0 Å². The summed E-state index contributed by atoms with van der Waals surface area (Å²) in [5.41, 5.74) is 7.14. The van der Waals surface area contributed by atoms with E-state index in [4.69, 9.17) is 15.2 Å². The molecular formula is C17H17N5O4. The number of nitro groups is 1. The molecule has 1 aromatic heterocycles. The van der Waals surface area contributed by atoms with Gasteiger partial charge in [-0.1, -0.05) is 18.2 Å². The van der Waals surface area contributed by atoms with Crippen molar-refractivity contribution < 1.29 is 14.4 Å². The Morgan fingerprint density at radius 3 is 2.54 bits per heavy atom. The molecular weight excluding hydrogens is 338 g/mol. The number of methoxy groups -OCH3 is 2. The van der Waals surface area contributed by atoms with Crippen molar-refractivity contribution in [2.24, 2.45) is 0 Å². The minimum atomic E-state index is -0.427. The average Bonchev–Trinajstić information content (AvgIpc) is 2.65. The highest BCUT2D eigenvalue weighted by Crippen LogP contribution is 2.33. The van der Waals surface area contributed by atoms with Crippen LogP contribution in [0.1, 0.15) is 5.56 Å². The Bertz CT molecular complexity index is 977. The number of nitrogens with two attached hydrogens (primary N) is 1. The van der Waals surface area contributed by atoms with E-state index >= 15 is 0 Å². The van der Waals surface area contributed by atoms with Gasteiger partial charge in [-0.15, -0.1) is 0 Å². The Kier molecular flexibility index (Phi) is 4.70. The quantitative estimate of drug-likeness (QED) is 0.511. The van der Waals surface area contributed by atoms with Crippen LogP contribution in [0.3, 0.4) is 0 Å². The van der Waals surface area contributed by atoms with Crippen molar-refractivity contribution in [2.75, 3.05) is 25.3 Å². The molecule has 0 fully saturated rings. The van der Waals surface area contributed by atoms with E-state index in [1.165, 1.54) is 20.3 Å². The van der Waals surface area contributed by atoms with E-state index in [9.17, 15) is 10.1 Å². The molecule has 0 unspecified atom stereocenters. The van der Waals surface area contributed by atoms with Gasteiger partial charge in [-0.2, -0.15) is 4.98 Å². The van der Waals surface area contributed by atoms with Gasteiger partial charge in [0.1, 0.15) is 5.82 Å². The lowest BCUT2D eigenvalue weighted by Crippen LogP contribution is -2.07. The molecule has 2 aromatic carbocycles. The number of hydrogen-bond acceptors (Lipinski definition) is 8. The molecule has 0 spiro atoms. The molecule has 9 nitrogen and oxygen atoms in total. The number of anilines is 2. The normalized spacial score (nSPS) is 10.5. The summed E-state index contributed by atoms with van der Waals surface area (Å²) in [7, 11) is 3.06. The number of nitrogen functional groups attached to an aromatic ring is 1. The van der Waals surface area contributed by atoms with E-state index in [-0.39, 0.29) is 24.0 Å². The van der Waals surface area contributed by atoms with Crippen LogP contribution in [-0.4, -0.2) is 29.1 Å². The van der Waals surface area contributed by atoms with Crippen LogP contribution in [0.15, 0.2) is 36.4 Å². The first-order chi connectivity index (χ1) is 12.5. The summed E-state index contributed by atoms with van der Waals surface area (Å²) in [6, 6.07) is 9.87. The van der Waals surface area contributed by atoms with Gasteiger partial charge in [0.05, 0.1) is 24.7 Å². The minimum Gasteiger partial charge on any atom is -0.493 e. The van der Waals surface area contributed by atoms with Crippen molar-refractivity contribution in [1.82, 2.24) is 9.97 Å². The molecule has 1 heterocycles. The Hall–Kier alpha value is -3.62. The summed E-state index contributed by atoms with van der Waals surface area (Å²) < 4.78 is 10.5. The first kappa shape index (κ1) is 17.2. The Balaban J connectivity index is 1.93. The van der Waals surface area contributed by atoms with Gasteiger partial charge < -0.3 is 20.5 Å². The van der Waals surface area contributed by atoms with Gasteiger partial charge in [0, 0.05) is 29.6 Å². The molecule has 0 amide bonds. The maximum absolute atomic E-state index is 11.1. The van der Waals surface area contributed by atoms with Crippen LogP contribution in [0.4, 0.5) is 17.5 Å². The number of benzene rings is 2. The van der Waals surface area contributed by atoms with E-state index in [2.05, 4.69) is 15.3 Å². The highest BCUT2D eigenvalue weighted by molar-refractivity contribution is 5.91. The second kappa shape index (κ2) is 7.09. The monoisotopic (exact) mass is 355 g/mol. The van der Waals surface area contributed by atoms with Crippen LogP contribution >= 0.6 is 0 Å².